The molecule has 1 aromatic carbocycles. The molecule has 0 fully saturated rings. The van der Waals surface area contributed by atoms with E-state index in [0.29, 0.717) is 4.83 Å². The summed E-state index contributed by atoms with van der Waals surface area (Å²) in [5.41, 5.74) is 2.00. The zero-order valence-electron chi connectivity index (χ0n) is 9.04. The van der Waals surface area contributed by atoms with Gasteiger partial charge in [-0.3, -0.25) is 0 Å². The summed E-state index contributed by atoms with van der Waals surface area (Å²) in [4.78, 5) is 0.428. The molecule has 1 unspecified atom stereocenters. The van der Waals surface area contributed by atoms with Crippen LogP contribution < -0.4 is 0 Å². The first kappa shape index (κ1) is 12.3. The molecular formula is C13H16BrN. The Morgan fingerprint density at radius 2 is 1.93 bits per heavy atom. The van der Waals surface area contributed by atoms with Crippen molar-refractivity contribution in [1.29, 1.82) is 5.26 Å². The first-order valence-electron chi connectivity index (χ1n) is 5.42. The lowest BCUT2D eigenvalue weighted by Crippen LogP contribution is -1.90. The number of unbranched alkanes of at least 4 members (excludes halogenated alkanes) is 2. The van der Waals surface area contributed by atoms with Gasteiger partial charge in [-0.05, 0) is 24.1 Å². The Balaban J connectivity index is 2.51. The molecular weight excluding hydrogens is 250 g/mol. The second-order valence-corrected chi connectivity index (χ2v) is 4.80. The lowest BCUT2D eigenvalue weighted by atomic mass is 10.0. The van der Waals surface area contributed by atoms with Gasteiger partial charge in [0.1, 0.15) is 0 Å². The van der Waals surface area contributed by atoms with Crippen LogP contribution in [0.3, 0.4) is 0 Å². The van der Waals surface area contributed by atoms with E-state index >= 15 is 0 Å². The van der Waals surface area contributed by atoms with Crippen LogP contribution in [0.5, 0.6) is 0 Å². The number of nitrogens with zero attached hydrogens (tertiary/aromatic N) is 1. The Hall–Kier alpha value is -0.810. The Bertz CT molecular complexity index is 323. The molecule has 0 amide bonds. The van der Waals surface area contributed by atoms with Gasteiger partial charge in [-0.1, -0.05) is 54.2 Å². The van der Waals surface area contributed by atoms with E-state index in [1.807, 2.05) is 24.3 Å². The quantitative estimate of drug-likeness (QED) is 0.565. The predicted octanol–water partition coefficient (Wildman–Crippen LogP) is 4.57. The highest BCUT2D eigenvalue weighted by atomic mass is 79.9. The van der Waals surface area contributed by atoms with E-state index < -0.39 is 0 Å². The van der Waals surface area contributed by atoms with Crippen LogP contribution in [0.4, 0.5) is 0 Å². The van der Waals surface area contributed by atoms with Crippen LogP contribution >= 0.6 is 15.9 Å². The first-order chi connectivity index (χ1) is 7.27. The van der Waals surface area contributed by atoms with Crippen LogP contribution in [0, 0.1) is 11.3 Å². The molecule has 0 aliphatic heterocycles. The average molecular weight is 266 g/mol. The summed E-state index contributed by atoms with van der Waals surface area (Å²) in [6.45, 7) is 2.21. The Morgan fingerprint density at radius 3 is 2.47 bits per heavy atom. The number of alkyl halides is 1. The monoisotopic (exact) mass is 265 g/mol. The smallest absolute Gasteiger partial charge is 0.0991 e. The van der Waals surface area contributed by atoms with Gasteiger partial charge < -0.3 is 0 Å². The number of hydrogen-bond acceptors (Lipinski definition) is 1. The molecule has 0 aromatic heterocycles. The summed E-state index contributed by atoms with van der Waals surface area (Å²) in [5, 5.41) is 8.68. The van der Waals surface area contributed by atoms with Gasteiger partial charge in [-0.15, -0.1) is 0 Å². The van der Waals surface area contributed by atoms with Crippen LogP contribution in [0.25, 0.3) is 0 Å². The maximum Gasteiger partial charge on any atom is 0.0991 e. The minimum absolute atomic E-state index is 0.428. The second-order valence-electron chi connectivity index (χ2n) is 3.70. The number of hydrogen-bond donors (Lipinski definition) is 0. The van der Waals surface area contributed by atoms with Crippen LogP contribution in [-0.2, 0) is 0 Å². The largest absolute Gasteiger partial charge is 0.192 e. The van der Waals surface area contributed by atoms with Crippen molar-refractivity contribution < 1.29 is 0 Å². The van der Waals surface area contributed by atoms with Crippen molar-refractivity contribution in [3.8, 4) is 6.07 Å². The van der Waals surface area contributed by atoms with Crippen LogP contribution in [-0.4, -0.2) is 0 Å². The summed E-state index contributed by atoms with van der Waals surface area (Å²) in [7, 11) is 0. The molecule has 0 aliphatic rings. The van der Waals surface area contributed by atoms with E-state index in [9.17, 15) is 0 Å². The third-order valence-electron chi connectivity index (χ3n) is 2.46. The van der Waals surface area contributed by atoms with E-state index in [-0.39, 0.29) is 0 Å². The molecule has 2 heteroatoms. The zero-order chi connectivity index (χ0) is 11.1. The predicted molar refractivity (Wildman–Crippen MR) is 67.0 cm³/mol. The van der Waals surface area contributed by atoms with Crippen molar-refractivity contribution in [3.63, 3.8) is 0 Å². The van der Waals surface area contributed by atoms with E-state index in [0.717, 1.165) is 5.56 Å². The fraction of sp³-hybridized carbons (Fsp3) is 0.462. The average Bonchev–Trinajstić information content (AvgIpc) is 2.29. The van der Waals surface area contributed by atoms with E-state index in [1.165, 1.54) is 31.2 Å². The fourth-order valence-corrected chi connectivity index (χ4v) is 2.14. The third kappa shape index (κ3) is 4.05. The number of rotatable bonds is 5. The second kappa shape index (κ2) is 6.63. The summed E-state index contributed by atoms with van der Waals surface area (Å²) in [6, 6.07) is 9.95. The maximum atomic E-state index is 8.68. The van der Waals surface area contributed by atoms with Crippen LogP contribution in [0.15, 0.2) is 24.3 Å². The molecule has 0 spiro atoms. The summed E-state index contributed by atoms with van der Waals surface area (Å²) < 4.78 is 0. The molecule has 0 saturated heterocycles. The molecule has 0 saturated carbocycles. The van der Waals surface area contributed by atoms with Crippen LogP contribution in [0.1, 0.15) is 48.6 Å². The molecule has 0 heterocycles. The molecule has 15 heavy (non-hydrogen) atoms. The van der Waals surface area contributed by atoms with Crippen molar-refractivity contribution in [2.45, 2.75) is 37.4 Å². The first-order valence-corrected chi connectivity index (χ1v) is 6.33. The van der Waals surface area contributed by atoms with Gasteiger partial charge in [0.2, 0.25) is 0 Å². The molecule has 1 atom stereocenters. The minimum Gasteiger partial charge on any atom is -0.192 e. The third-order valence-corrected chi connectivity index (χ3v) is 3.45. The van der Waals surface area contributed by atoms with E-state index in [2.05, 4.69) is 28.9 Å². The zero-order valence-corrected chi connectivity index (χ0v) is 10.6. The molecule has 0 aliphatic carbocycles. The van der Waals surface area contributed by atoms with Crippen molar-refractivity contribution in [3.05, 3.63) is 35.4 Å². The van der Waals surface area contributed by atoms with Gasteiger partial charge in [0, 0.05) is 4.83 Å². The van der Waals surface area contributed by atoms with Gasteiger partial charge in [0.05, 0.1) is 11.6 Å². The van der Waals surface area contributed by atoms with Crippen molar-refractivity contribution >= 4 is 15.9 Å². The summed E-state index contributed by atoms with van der Waals surface area (Å²) in [5.74, 6) is 0. The fourth-order valence-electron chi connectivity index (χ4n) is 1.51. The number of nitriles is 1. The normalized spacial score (nSPS) is 12.1. The molecule has 0 N–H and O–H groups in total. The lowest BCUT2D eigenvalue weighted by Gasteiger charge is -2.09. The molecule has 0 radical (unpaired) electrons. The van der Waals surface area contributed by atoms with Crippen molar-refractivity contribution in [2.75, 3.05) is 0 Å². The molecule has 80 valence electrons. The summed E-state index contributed by atoms with van der Waals surface area (Å²) in [6.07, 6.45) is 4.97. The highest BCUT2D eigenvalue weighted by Gasteiger charge is 2.06. The highest BCUT2D eigenvalue weighted by Crippen LogP contribution is 2.28. The number of halogens is 1. The minimum atomic E-state index is 0.428. The Kier molecular flexibility index (Phi) is 5.42. The Labute approximate surface area is 100 Å². The van der Waals surface area contributed by atoms with Crippen molar-refractivity contribution in [1.82, 2.24) is 0 Å². The SMILES string of the molecule is CCCCCC(Br)c1ccc(C#N)cc1. The molecule has 1 nitrogen and oxygen atoms in total. The van der Waals surface area contributed by atoms with Crippen LogP contribution in [0.2, 0.25) is 0 Å². The Morgan fingerprint density at radius 1 is 1.27 bits per heavy atom. The van der Waals surface area contributed by atoms with Gasteiger partial charge in [-0.2, -0.15) is 5.26 Å². The lowest BCUT2D eigenvalue weighted by molar-refractivity contribution is 0.664. The van der Waals surface area contributed by atoms with E-state index in [4.69, 9.17) is 5.26 Å². The van der Waals surface area contributed by atoms with Gasteiger partial charge in [0.15, 0.2) is 0 Å². The molecule has 0 bridgehead atoms. The summed E-state index contributed by atoms with van der Waals surface area (Å²) >= 11 is 3.68. The van der Waals surface area contributed by atoms with Gasteiger partial charge in [0.25, 0.3) is 0 Å². The molecule has 1 rings (SSSR count). The standard InChI is InChI=1S/C13H16BrN/c1-2-3-4-5-13(14)12-8-6-11(10-15)7-9-12/h6-9,13H,2-5H2,1H3. The topological polar surface area (TPSA) is 23.8 Å². The van der Waals surface area contributed by atoms with E-state index in [1.54, 1.807) is 0 Å². The maximum absolute atomic E-state index is 8.68. The van der Waals surface area contributed by atoms with Crippen molar-refractivity contribution in [2.24, 2.45) is 0 Å². The van der Waals surface area contributed by atoms with Gasteiger partial charge >= 0.3 is 0 Å². The molecule has 1 aromatic rings. The highest BCUT2D eigenvalue weighted by molar-refractivity contribution is 9.09. The van der Waals surface area contributed by atoms with Gasteiger partial charge in [-0.25, -0.2) is 0 Å². The number of benzene rings is 1.